The Morgan fingerprint density at radius 2 is 1.85 bits per heavy atom. The minimum Gasteiger partial charge on any atom is -0.450 e. The fourth-order valence-electron chi connectivity index (χ4n) is 3.61. The molecule has 9 nitrogen and oxygen atoms in total. The monoisotopic (exact) mass is 627 g/mol. The summed E-state index contributed by atoms with van der Waals surface area (Å²) in [6.07, 6.45) is 3.17. The van der Waals surface area contributed by atoms with E-state index in [0.717, 1.165) is 18.2 Å². The molecule has 2 heterocycles. The molecule has 0 radical (unpaired) electrons. The number of nitrogens with one attached hydrogen (secondary N) is 3. The van der Waals surface area contributed by atoms with Gasteiger partial charge in [-0.3, -0.25) is 0 Å². The number of aromatic nitrogens is 2. The first-order valence-electron chi connectivity index (χ1n) is 13.2. The molecular weight excluding hydrogens is 592 g/mol. The van der Waals surface area contributed by atoms with Crippen molar-refractivity contribution >= 4 is 60.5 Å². The molecule has 1 aromatic carbocycles. The number of amides is 1. The molecule has 41 heavy (non-hydrogen) atoms. The molecule has 224 valence electrons. The summed E-state index contributed by atoms with van der Waals surface area (Å²) in [4.78, 5) is 16.0. The molecule has 0 unspecified atom stereocenters. The highest BCUT2D eigenvalue weighted by molar-refractivity contribution is 7.80. The lowest BCUT2D eigenvalue weighted by Crippen LogP contribution is -2.35. The van der Waals surface area contributed by atoms with E-state index < -0.39 is 37.9 Å². The van der Waals surface area contributed by atoms with Crippen LogP contribution in [0.4, 0.5) is 19.3 Å². The quantitative estimate of drug-likeness (QED) is 0.120. The predicted molar refractivity (Wildman–Crippen MR) is 164 cm³/mol. The Labute approximate surface area is 250 Å². The molecular formula is C27H36ClF2N5O4SSi. The fourth-order valence-corrected chi connectivity index (χ4v) is 4.77. The average Bonchev–Trinajstić information content (AvgIpc) is 3.18. The zero-order valence-electron chi connectivity index (χ0n) is 23.8. The highest BCUT2D eigenvalue weighted by Crippen LogP contribution is 2.37. The van der Waals surface area contributed by atoms with Crippen LogP contribution in [0.3, 0.4) is 0 Å². The minimum absolute atomic E-state index is 0.0994. The van der Waals surface area contributed by atoms with E-state index in [0.29, 0.717) is 42.2 Å². The van der Waals surface area contributed by atoms with Crippen molar-refractivity contribution in [3.63, 3.8) is 0 Å². The molecule has 2 aromatic heterocycles. The number of fused-ring (bicyclic) bond motifs is 1. The van der Waals surface area contributed by atoms with E-state index in [2.05, 4.69) is 34.0 Å². The molecule has 0 aliphatic rings. The van der Waals surface area contributed by atoms with Gasteiger partial charge in [-0.25, -0.2) is 18.6 Å². The van der Waals surface area contributed by atoms with Crippen LogP contribution in [0.2, 0.25) is 24.2 Å². The van der Waals surface area contributed by atoms with E-state index >= 15 is 0 Å². The van der Waals surface area contributed by atoms with Gasteiger partial charge in [-0.15, -0.1) is 0 Å². The van der Waals surface area contributed by atoms with E-state index in [4.69, 9.17) is 38.0 Å². The van der Waals surface area contributed by atoms with Crippen molar-refractivity contribution in [2.45, 2.75) is 58.7 Å². The summed E-state index contributed by atoms with van der Waals surface area (Å²) in [5.74, 6) is -2.29. The minimum atomic E-state index is -0.932. The van der Waals surface area contributed by atoms with Gasteiger partial charge in [0.1, 0.15) is 23.7 Å². The summed E-state index contributed by atoms with van der Waals surface area (Å²) in [6.45, 7) is 11.5. The highest BCUT2D eigenvalue weighted by atomic mass is 35.5. The number of anilines is 1. The number of carbonyl (C=O) groups excluding carboxylic acids is 1. The van der Waals surface area contributed by atoms with Crippen LogP contribution in [0.15, 0.2) is 30.6 Å². The Morgan fingerprint density at radius 3 is 2.51 bits per heavy atom. The van der Waals surface area contributed by atoms with Crippen LogP contribution >= 0.6 is 23.8 Å². The molecule has 14 heteroatoms. The van der Waals surface area contributed by atoms with Crippen LogP contribution in [0.25, 0.3) is 11.0 Å². The first-order valence-corrected chi connectivity index (χ1v) is 17.1. The summed E-state index contributed by atoms with van der Waals surface area (Å²) in [5, 5.41) is 9.21. The third kappa shape index (κ3) is 10.1. The Bertz CT molecular complexity index is 1350. The van der Waals surface area contributed by atoms with Crippen LogP contribution in [-0.2, 0) is 16.2 Å². The van der Waals surface area contributed by atoms with E-state index in [-0.39, 0.29) is 23.3 Å². The number of hydrogen-bond donors (Lipinski definition) is 3. The second-order valence-corrected chi connectivity index (χ2v) is 14.9. The zero-order chi connectivity index (χ0) is 30.2. The van der Waals surface area contributed by atoms with Gasteiger partial charge in [0.15, 0.2) is 22.5 Å². The Morgan fingerprint density at radius 1 is 1.17 bits per heavy atom. The third-order valence-corrected chi connectivity index (χ3v) is 7.44. The maximum atomic E-state index is 15.0. The van der Waals surface area contributed by atoms with Gasteiger partial charge in [0.05, 0.1) is 10.4 Å². The van der Waals surface area contributed by atoms with Gasteiger partial charge in [0.2, 0.25) is 0 Å². The molecule has 3 N–H and O–H groups in total. The second-order valence-electron chi connectivity index (χ2n) is 10.7. The first-order chi connectivity index (χ1) is 19.3. The van der Waals surface area contributed by atoms with Gasteiger partial charge in [0.25, 0.3) is 0 Å². The number of pyridine rings is 1. The molecule has 0 atom stereocenters. The standard InChI is InChI=1S/C27H36ClF2N5O4SSi/c1-27(2,3)39-26(36)33-9-6-8-32-25(40)34-17-13-19(29)23(20(30)14-17)38-21-7-10-31-24-22(21)18(28)15-35(24)16-37-11-12-41(4)5/h7,10,13-15,41H,6,8-9,11-12,16H2,1-5H3,(H,33,36)(H2,32,34,40). The molecule has 0 aliphatic carbocycles. The number of thiocarbonyl (C=S) groups is 1. The summed E-state index contributed by atoms with van der Waals surface area (Å²) >= 11 is 11.7. The van der Waals surface area contributed by atoms with Gasteiger partial charge < -0.3 is 34.7 Å². The molecule has 0 fully saturated rings. The second kappa shape index (κ2) is 14.8. The van der Waals surface area contributed by atoms with Crippen molar-refractivity contribution in [3.05, 3.63) is 47.2 Å². The lowest BCUT2D eigenvalue weighted by atomic mass is 10.2. The van der Waals surface area contributed by atoms with E-state index in [1.807, 2.05) is 0 Å². The molecule has 0 aliphatic heterocycles. The number of hydrogen-bond acceptors (Lipinski definition) is 6. The maximum Gasteiger partial charge on any atom is 0.407 e. The summed E-state index contributed by atoms with van der Waals surface area (Å²) in [7, 11) is -0.726. The van der Waals surface area contributed by atoms with Crippen LogP contribution < -0.4 is 20.7 Å². The average molecular weight is 628 g/mol. The number of halogens is 3. The fraction of sp³-hybridized carbons (Fsp3) is 0.444. The summed E-state index contributed by atoms with van der Waals surface area (Å²) in [5.41, 5.74) is -0.000430. The number of benzene rings is 1. The lowest BCUT2D eigenvalue weighted by Gasteiger charge is -2.19. The Hall–Kier alpha value is -3.00. The Kier molecular flexibility index (Phi) is 11.7. The molecule has 1 amide bonds. The summed E-state index contributed by atoms with van der Waals surface area (Å²) < 4.78 is 48.3. The van der Waals surface area contributed by atoms with E-state index in [1.165, 1.54) is 12.3 Å². The number of nitrogens with zero attached hydrogens (tertiary/aromatic N) is 2. The van der Waals surface area contributed by atoms with Crippen molar-refractivity contribution in [1.82, 2.24) is 20.2 Å². The largest absolute Gasteiger partial charge is 0.450 e. The smallest absolute Gasteiger partial charge is 0.407 e. The van der Waals surface area contributed by atoms with Crippen LogP contribution in [0, 0.1) is 11.6 Å². The first kappa shape index (κ1) is 32.5. The molecule has 0 saturated heterocycles. The zero-order valence-corrected chi connectivity index (χ0v) is 26.5. The number of alkyl carbamates (subject to hydrolysis) is 1. The number of carbonyl (C=O) groups is 1. The van der Waals surface area contributed by atoms with Gasteiger partial charge >= 0.3 is 6.09 Å². The van der Waals surface area contributed by atoms with Gasteiger partial charge in [0, 0.05) is 58.7 Å². The number of ether oxygens (including phenoxy) is 3. The van der Waals surface area contributed by atoms with Gasteiger partial charge in [-0.2, -0.15) is 0 Å². The van der Waals surface area contributed by atoms with Gasteiger partial charge in [-0.05, 0) is 51.5 Å². The molecule has 0 saturated carbocycles. The lowest BCUT2D eigenvalue weighted by molar-refractivity contribution is 0.0527. The van der Waals surface area contributed by atoms with Crippen LogP contribution in [-0.4, -0.2) is 54.9 Å². The van der Waals surface area contributed by atoms with Crippen molar-refractivity contribution < 1.29 is 27.8 Å². The van der Waals surface area contributed by atoms with Crippen molar-refractivity contribution in [3.8, 4) is 11.5 Å². The van der Waals surface area contributed by atoms with Gasteiger partial charge in [-0.1, -0.05) is 24.7 Å². The van der Waals surface area contributed by atoms with Crippen LogP contribution in [0.1, 0.15) is 27.2 Å². The van der Waals surface area contributed by atoms with Crippen molar-refractivity contribution in [1.29, 1.82) is 0 Å². The third-order valence-electron chi connectivity index (χ3n) is 5.52. The normalized spacial score (nSPS) is 11.5. The molecule has 0 spiro atoms. The number of rotatable bonds is 12. The van der Waals surface area contributed by atoms with Crippen LogP contribution in [0.5, 0.6) is 11.5 Å². The molecule has 3 rings (SSSR count). The van der Waals surface area contributed by atoms with Crippen molar-refractivity contribution in [2.75, 3.05) is 25.0 Å². The highest BCUT2D eigenvalue weighted by Gasteiger charge is 2.19. The van der Waals surface area contributed by atoms with E-state index in [9.17, 15) is 13.6 Å². The SMILES string of the molecule is C[SiH](C)CCOCn1cc(Cl)c2c(Oc3c(F)cc(NC(=S)NCCCNC(=O)OC(C)(C)C)cc3F)ccnc21. The van der Waals surface area contributed by atoms with E-state index in [1.54, 1.807) is 31.5 Å². The predicted octanol–water partition coefficient (Wildman–Crippen LogP) is 6.42. The molecule has 0 bridgehead atoms. The summed E-state index contributed by atoms with van der Waals surface area (Å²) in [6, 6.07) is 4.69. The molecule has 3 aromatic rings. The van der Waals surface area contributed by atoms with Crippen molar-refractivity contribution in [2.24, 2.45) is 0 Å². The Balaban J connectivity index is 1.58. The topological polar surface area (TPSA) is 98.7 Å². The maximum absolute atomic E-state index is 15.0.